The third kappa shape index (κ3) is 2.98. The molecule has 2 aromatic heterocycles. The molecule has 0 unspecified atom stereocenters. The molecule has 0 radical (unpaired) electrons. The van der Waals surface area contributed by atoms with E-state index in [1.807, 2.05) is 42.2 Å². The number of benzene rings is 1. The number of carbonyl (C=O) groups excluding carboxylic acids is 1. The lowest BCUT2D eigenvalue weighted by Crippen LogP contribution is -2.49. The largest absolute Gasteiger partial charge is 0.351 e. The molecule has 1 aliphatic rings. The molecule has 0 saturated carbocycles. The first kappa shape index (κ1) is 16.4. The van der Waals surface area contributed by atoms with E-state index in [0.29, 0.717) is 30.7 Å². The Morgan fingerprint density at radius 3 is 2.58 bits per heavy atom. The van der Waals surface area contributed by atoms with Crippen molar-refractivity contribution < 1.29 is 4.79 Å². The van der Waals surface area contributed by atoms with E-state index < -0.39 is 0 Å². The summed E-state index contributed by atoms with van der Waals surface area (Å²) >= 11 is 0. The highest BCUT2D eigenvalue weighted by molar-refractivity contribution is 5.84. The number of amides is 1. The van der Waals surface area contributed by atoms with E-state index in [1.54, 1.807) is 11.0 Å². The van der Waals surface area contributed by atoms with Gasteiger partial charge < -0.3 is 9.80 Å². The maximum atomic E-state index is 12.1. The fourth-order valence-electron chi connectivity index (χ4n) is 3.25. The number of aromatic nitrogens is 5. The van der Waals surface area contributed by atoms with Crippen molar-refractivity contribution in [2.24, 2.45) is 0 Å². The minimum atomic E-state index is 0.231. The molecule has 1 saturated heterocycles. The van der Waals surface area contributed by atoms with Gasteiger partial charge in [0.15, 0.2) is 17.0 Å². The van der Waals surface area contributed by atoms with E-state index in [9.17, 15) is 4.79 Å². The molecule has 26 heavy (non-hydrogen) atoms. The minimum absolute atomic E-state index is 0.231. The molecule has 1 aromatic carbocycles. The maximum absolute atomic E-state index is 12.1. The third-order valence-electron chi connectivity index (χ3n) is 4.61. The van der Waals surface area contributed by atoms with Crippen LogP contribution in [-0.4, -0.2) is 61.9 Å². The summed E-state index contributed by atoms with van der Waals surface area (Å²) in [5, 5.41) is 8.58. The van der Waals surface area contributed by atoms with Crippen molar-refractivity contribution in [3.05, 3.63) is 36.7 Å². The van der Waals surface area contributed by atoms with Gasteiger partial charge in [0.25, 0.3) is 0 Å². The van der Waals surface area contributed by atoms with Gasteiger partial charge in [0.1, 0.15) is 6.33 Å². The molecule has 8 heteroatoms. The van der Waals surface area contributed by atoms with Crippen molar-refractivity contribution in [3.63, 3.8) is 0 Å². The van der Waals surface area contributed by atoms with Gasteiger partial charge in [0, 0.05) is 32.6 Å². The number of anilines is 1. The molecule has 1 fully saturated rings. The fraction of sp³-hybridized carbons (Fsp3) is 0.389. The van der Waals surface area contributed by atoms with Crippen LogP contribution < -0.4 is 4.90 Å². The van der Waals surface area contributed by atoms with Gasteiger partial charge in [-0.2, -0.15) is 4.68 Å². The summed E-state index contributed by atoms with van der Waals surface area (Å²) in [6, 6.07) is 9.80. The smallest absolute Gasteiger partial charge is 0.222 e. The van der Waals surface area contributed by atoms with Crippen molar-refractivity contribution in [1.82, 2.24) is 29.9 Å². The maximum Gasteiger partial charge on any atom is 0.222 e. The standard InChI is InChI=1S/C18H21N7O/c1-2-6-15(26)23-9-11-24(12-10-23)17-16-18(20-13-19-17)25(22-21-16)14-7-4-3-5-8-14/h3-5,7-8,13H,2,6,9-12H2,1H3. The van der Waals surface area contributed by atoms with E-state index in [4.69, 9.17) is 0 Å². The van der Waals surface area contributed by atoms with E-state index in [-0.39, 0.29) is 5.91 Å². The van der Waals surface area contributed by atoms with Gasteiger partial charge in [0.2, 0.25) is 5.91 Å². The van der Waals surface area contributed by atoms with E-state index in [2.05, 4.69) is 25.2 Å². The molecule has 3 heterocycles. The number of carbonyl (C=O) groups is 1. The lowest BCUT2D eigenvalue weighted by atomic mass is 10.2. The average Bonchev–Trinajstić information content (AvgIpc) is 3.13. The van der Waals surface area contributed by atoms with Crippen LogP contribution in [0.25, 0.3) is 16.9 Å². The lowest BCUT2D eigenvalue weighted by Gasteiger charge is -2.35. The van der Waals surface area contributed by atoms with Crippen LogP contribution in [0.15, 0.2) is 36.7 Å². The molecule has 8 nitrogen and oxygen atoms in total. The van der Waals surface area contributed by atoms with E-state index in [1.165, 1.54) is 0 Å². The molecule has 0 N–H and O–H groups in total. The minimum Gasteiger partial charge on any atom is -0.351 e. The van der Waals surface area contributed by atoms with Crippen LogP contribution in [0, 0.1) is 0 Å². The first-order chi connectivity index (χ1) is 12.8. The number of fused-ring (bicyclic) bond motifs is 1. The van der Waals surface area contributed by atoms with Crippen molar-refractivity contribution in [1.29, 1.82) is 0 Å². The quantitative estimate of drug-likeness (QED) is 0.711. The molecule has 0 aliphatic carbocycles. The molecule has 0 atom stereocenters. The van der Waals surface area contributed by atoms with Gasteiger partial charge in [0.05, 0.1) is 5.69 Å². The summed E-state index contributed by atoms with van der Waals surface area (Å²) in [6.45, 7) is 4.91. The molecule has 1 aliphatic heterocycles. The van der Waals surface area contributed by atoms with Gasteiger partial charge in [-0.25, -0.2) is 9.97 Å². The number of piperazine rings is 1. The molecular weight excluding hydrogens is 330 g/mol. The zero-order chi connectivity index (χ0) is 17.9. The average molecular weight is 351 g/mol. The molecule has 0 bridgehead atoms. The zero-order valence-electron chi connectivity index (χ0n) is 14.7. The summed E-state index contributed by atoms with van der Waals surface area (Å²) in [5.41, 5.74) is 2.28. The normalized spacial score (nSPS) is 14.8. The number of hydrogen-bond acceptors (Lipinski definition) is 6. The Hall–Kier alpha value is -3.03. The highest BCUT2D eigenvalue weighted by Gasteiger charge is 2.24. The van der Waals surface area contributed by atoms with Crippen LogP contribution >= 0.6 is 0 Å². The predicted octanol–water partition coefficient (Wildman–Crippen LogP) is 1.66. The van der Waals surface area contributed by atoms with Crippen LogP contribution in [-0.2, 0) is 4.79 Å². The molecule has 134 valence electrons. The van der Waals surface area contributed by atoms with Gasteiger partial charge >= 0.3 is 0 Å². The van der Waals surface area contributed by atoms with Crippen molar-refractivity contribution in [2.75, 3.05) is 31.1 Å². The molecule has 4 rings (SSSR count). The Bertz CT molecular complexity index is 900. The van der Waals surface area contributed by atoms with Gasteiger partial charge in [-0.3, -0.25) is 4.79 Å². The summed E-state index contributed by atoms with van der Waals surface area (Å²) < 4.78 is 1.72. The topological polar surface area (TPSA) is 80.0 Å². The number of hydrogen-bond donors (Lipinski definition) is 0. The molecular formula is C18H21N7O. The van der Waals surface area contributed by atoms with Crippen LogP contribution in [0.3, 0.4) is 0 Å². The second-order valence-electron chi connectivity index (χ2n) is 6.32. The Labute approximate surface area is 151 Å². The Balaban J connectivity index is 1.59. The van der Waals surface area contributed by atoms with Crippen LogP contribution in [0.5, 0.6) is 0 Å². The Kier molecular flexibility index (Phi) is 4.47. The first-order valence-corrected chi connectivity index (χ1v) is 8.92. The van der Waals surface area contributed by atoms with Crippen molar-refractivity contribution in [3.8, 4) is 5.69 Å². The second-order valence-corrected chi connectivity index (χ2v) is 6.32. The van der Waals surface area contributed by atoms with Crippen LogP contribution in [0.1, 0.15) is 19.8 Å². The summed E-state index contributed by atoms with van der Waals surface area (Å²) in [4.78, 5) is 25.0. The van der Waals surface area contributed by atoms with Gasteiger partial charge in [-0.1, -0.05) is 30.3 Å². The lowest BCUT2D eigenvalue weighted by molar-refractivity contribution is -0.131. The first-order valence-electron chi connectivity index (χ1n) is 8.92. The predicted molar refractivity (Wildman–Crippen MR) is 98.2 cm³/mol. The third-order valence-corrected chi connectivity index (χ3v) is 4.61. The SMILES string of the molecule is CCCC(=O)N1CCN(c2ncnc3c2nnn3-c2ccccc2)CC1. The highest BCUT2D eigenvalue weighted by atomic mass is 16.2. The van der Waals surface area contributed by atoms with Crippen LogP contribution in [0.2, 0.25) is 0 Å². The highest BCUT2D eigenvalue weighted by Crippen LogP contribution is 2.23. The van der Waals surface area contributed by atoms with Crippen LogP contribution in [0.4, 0.5) is 5.82 Å². The van der Waals surface area contributed by atoms with E-state index >= 15 is 0 Å². The summed E-state index contributed by atoms with van der Waals surface area (Å²) in [5.74, 6) is 1.01. The second kappa shape index (κ2) is 7.07. The number of rotatable bonds is 4. The molecule has 3 aromatic rings. The van der Waals surface area contributed by atoms with Gasteiger partial charge in [-0.15, -0.1) is 5.10 Å². The number of nitrogens with zero attached hydrogens (tertiary/aromatic N) is 7. The summed E-state index contributed by atoms with van der Waals surface area (Å²) in [7, 11) is 0. The number of para-hydroxylation sites is 1. The monoisotopic (exact) mass is 351 g/mol. The molecule has 0 spiro atoms. The fourth-order valence-corrected chi connectivity index (χ4v) is 3.25. The zero-order valence-corrected chi connectivity index (χ0v) is 14.7. The summed E-state index contributed by atoms with van der Waals surface area (Å²) in [6.07, 6.45) is 3.05. The van der Waals surface area contributed by atoms with E-state index in [0.717, 1.165) is 31.0 Å². The molecule has 1 amide bonds. The Morgan fingerprint density at radius 2 is 1.85 bits per heavy atom. The van der Waals surface area contributed by atoms with Crippen molar-refractivity contribution >= 4 is 22.9 Å². The van der Waals surface area contributed by atoms with Gasteiger partial charge in [-0.05, 0) is 18.6 Å². The Morgan fingerprint density at radius 1 is 1.08 bits per heavy atom. The van der Waals surface area contributed by atoms with Crippen molar-refractivity contribution in [2.45, 2.75) is 19.8 Å².